The number of nitrogens with two attached hydrogens (primary N) is 1. The highest BCUT2D eigenvalue weighted by atomic mass is 19.1. The third kappa shape index (κ3) is 2.23. The zero-order valence-electron chi connectivity index (χ0n) is 9.00. The van der Waals surface area contributed by atoms with Crippen LogP contribution in [-0.2, 0) is 0 Å². The number of halogens is 1. The minimum Gasteiger partial charge on any atom is -0.307 e. The Hall–Kier alpha value is -2.61. The molecular formula is C10H8FN5O2. The molecule has 3 N–H and O–H groups in total. The minimum absolute atomic E-state index is 0.357. The standard InChI is InChI=1S/C10H8FN5O2/c11-7-2-1-6(5-9(7)16(17)18)8-3-4-10(13-12)15-14-8/h1-5H,12H2,(H,13,15). The van der Waals surface area contributed by atoms with Gasteiger partial charge in [-0.25, -0.2) is 5.84 Å². The summed E-state index contributed by atoms with van der Waals surface area (Å²) in [5.41, 5.74) is 2.49. The van der Waals surface area contributed by atoms with E-state index in [9.17, 15) is 14.5 Å². The Labute approximate surface area is 101 Å². The monoisotopic (exact) mass is 249 g/mol. The lowest BCUT2D eigenvalue weighted by atomic mass is 10.1. The first kappa shape index (κ1) is 11.9. The van der Waals surface area contributed by atoms with Crippen molar-refractivity contribution in [2.45, 2.75) is 0 Å². The van der Waals surface area contributed by atoms with Gasteiger partial charge in [0.15, 0.2) is 5.82 Å². The summed E-state index contributed by atoms with van der Waals surface area (Å²) in [5.74, 6) is 4.60. The van der Waals surface area contributed by atoms with Gasteiger partial charge in [0.1, 0.15) is 0 Å². The fourth-order valence-electron chi connectivity index (χ4n) is 1.38. The Morgan fingerprint density at radius 1 is 1.28 bits per heavy atom. The molecule has 0 atom stereocenters. The molecule has 0 unspecified atom stereocenters. The van der Waals surface area contributed by atoms with E-state index in [2.05, 4.69) is 15.6 Å². The van der Waals surface area contributed by atoms with Crippen LogP contribution in [-0.4, -0.2) is 15.1 Å². The van der Waals surface area contributed by atoms with E-state index in [-0.39, 0.29) is 0 Å². The number of hydrogen-bond acceptors (Lipinski definition) is 6. The largest absolute Gasteiger partial charge is 0.307 e. The second kappa shape index (κ2) is 4.72. The summed E-state index contributed by atoms with van der Waals surface area (Å²) in [6.07, 6.45) is 0. The summed E-state index contributed by atoms with van der Waals surface area (Å²) in [5, 5.41) is 18.1. The molecule has 0 spiro atoms. The van der Waals surface area contributed by atoms with Gasteiger partial charge in [-0.15, -0.1) is 10.2 Å². The lowest BCUT2D eigenvalue weighted by Gasteiger charge is -2.02. The van der Waals surface area contributed by atoms with Gasteiger partial charge >= 0.3 is 5.69 Å². The van der Waals surface area contributed by atoms with Crippen molar-refractivity contribution in [2.24, 2.45) is 5.84 Å². The molecule has 0 aliphatic carbocycles. The summed E-state index contributed by atoms with van der Waals surface area (Å²) in [7, 11) is 0. The van der Waals surface area contributed by atoms with Gasteiger partial charge in [0.25, 0.3) is 0 Å². The van der Waals surface area contributed by atoms with Crippen molar-refractivity contribution >= 4 is 11.5 Å². The van der Waals surface area contributed by atoms with Crippen molar-refractivity contribution in [3.8, 4) is 11.3 Å². The van der Waals surface area contributed by atoms with Gasteiger partial charge in [-0.2, -0.15) is 4.39 Å². The summed E-state index contributed by atoms with van der Waals surface area (Å²) in [6.45, 7) is 0. The molecule has 1 aromatic heterocycles. The van der Waals surface area contributed by atoms with E-state index in [1.165, 1.54) is 6.07 Å². The molecule has 18 heavy (non-hydrogen) atoms. The van der Waals surface area contributed by atoms with Gasteiger partial charge in [0, 0.05) is 11.6 Å². The summed E-state index contributed by atoms with van der Waals surface area (Å²) < 4.78 is 13.2. The molecule has 2 rings (SSSR count). The van der Waals surface area contributed by atoms with Crippen molar-refractivity contribution in [2.75, 3.05) is 5.43 Å². The molecule has 7 nitrogen and oxygen atoms in total. The fourth-order valence-corrected chi connectivity index (χ4v) is 1.38. The molecule has 0 aliphatic heterocycles. The van der Waals surface area contributed by atoms with Crippen molar-refractivity contribution in [1.29, 1.82) is 0 Å². The molecule has 1 aromatic carbocycles. The summed E-state index contributed by atoms with van der Waals surface area (Å²) in [4.78, 5) is 9.82. The van der Waals surface area contributed by atoms with E-state index < -0.39 is 16.4 Å². The van der Waals surface area contributed by atoms with Crippen LogP contribution in [0.3, 0.4) is 0 Å². The van der Waals surface area contributed by atoms with Crippen LogP contribution < -0.4 is 11.3 Å². The molecular weight excluding hydrogens is 241 g/mol. The Balaban J connectivity index is 2.44. The number of aromatic nitrogens is 2. The topological polar surface area (TPSA) is 107 Å². The molecule has 0 bridgehead atoms. The first-order chi connectivity index (χ1) is 8.61. The predicted octanol–water partition coefficient (Wildman–Crippen LogP) is 1.48. The summed E-state index contributed by atoms with van der Waals surface area (Å²) >= 11 is 0. The van der Waals surface area contributed by atoms with E-state index >= 15 is 0 Å². The van der Waals surface area contributed by atoms with Crippen molar-refractivity contribution in [3.05, 3.63) is 46.3 Å². The van der Waals surface area contributed by atoms with Gasteiger partial charge in [0.2, 0.25) is 5.82 Å². The number of nitro groups is 1. The average Bonchev–Trinajstić information content (AvgIpc) is 2.39. The number of nitrogens with zero attached hydrogens (tertiary/aromatic N) is 3. The maximum Gasteiger partial charge on any atom is 0.305 e. The molecule has 2 aromatic rings. The Morgan fingerprint density at radius 3 is 2.61 bits per heavy atom. The highest BCUT2D eigenvalue weighted by Crippen LogP contribution is 2.24. The first-order valence-corrected chi connectivity index (χ1v) is 4.86. The smallest absolute Gasteiger partial charge is 0.305 e. The second-order valence-electron chi connectivity index (χ2n) is 3.37. The molecule has 0 radical (unpaired) electrons. The van der Waals surface area contributed by atoms with E-state index in [1.54, 1.807) is 12.1 Å². The minimum atomic E-state index is -0.892. The number of nitrogens with one attached hydrogen (secondary N) is 1. The molecule has 92 valence electrons. The van der Waals surface area contributed by atoms with Gasteiger partial charge < -0.3 is 5.43 Å². The zero-order valence-corrected chi connectivity index (χ0v) is 9.00. The van der Waals surface area contributed by atoms with E-state index in [0.29, 0.717) is 17.1 Å². The molecule has 0 saturated heterocycles. The maximum absolute atomic E-state index is 13.2. The third-order valence-electron chi connectivity index (χ3n) is 2.25. The van der Waals surface area contributed by atoms with Crippen LogP contribution >= 0.6 is 0 Å². The molecule has 8 heteroatoms. The molecule has 0 fully saturated rings. The van der Waals surface area contributed by atoms with Crippen molar-refractivity contribution < 1.29 is 9.31 Å². The Kier molecular flexibility index (Phi) is 3.11. The molecule has 0 aliphatic rings. The normalized spacial score (nSPS) is 10.1. The number of benzene rings is 1. The average molecular weight is 249 g/mol. The highest BCUT2D eigenvalue weighted by Gasteiger charge is 2.15. The SMILES string of the molecule is NNc1ccc(-c2ccc(F)c([N+](=O)[O-])c2)nn1. The first-order valence-electron chi connectivity index (χ1n) is 4.86. The van der Waals surface area contributed by atoms with Crippen LogP contribution in [0.1, 0.15) is 0 Å². The van der Waals surface area contributed by atoms with E-state index in [4.69, 9.17) is 5.84 Å². The van der Waals surface area contributed by atoms with Gasteiger partial charge in [-0.3, -0.25) is 10.1 Å². The fraction of sp³-hybridized carbons (Fsp3) is 0. The Morgan fingerprint density at radius 2 is 2.06 bits per heavy atom. The van der Waals surface area contributed by atoms with E-state index in [0.717, 1.165) is 12.1 Å². The van der Waals surface area contributed by atoms with E-state index in [1.807, 2.05) is 0 Å². The van der Waals surface area contributed by atoms with Crippen molar-refractivity contribution in [3.63, 3.8) is 0 Å². The number of hydrogen-bond donors (Lipinski definition) is 2. The van der Waals surface area contributed by atoms with Crippen LogP contribution in [0, 0.1) is 15.9 Å². The third-order valence-corrected chi connectivity index (χ3v) is 2.25. The van der Waals surface area contributed by atoms with Crippen LogP contribution in [0.2, 0.25) is 0 Å². The highest BCUT2D eigenvalue weighted by molar-refractivity contribution is 5.63. The van der Waals surface area contributed by atoms with Crippen molar-refractivity contribution in [1.82, 2.24) is 10.2 Å². The van der Waals surface area contributed by atoms with Gasteiger partial charge in [-0.05, 0) is 24.3 Å². The maximum atomic E-state index is 13.2. The van der Waals surface area contributed by atoms with Crippen LogP contribution in [0.25, 0.3) is 11.3 Å². The Bertz CT molecular complexity index is 587. The number of nitro benzene ring substituents is 1. The second-order valence-corrected chi connectivity index (χ2v) is 3.37. The number of nitrogen functional groups attached to an aromatic ring is 1. The summed E-state index contributed by atoms with van der Waals surface area (Å²) in [6, 6.07) is 6.64. The predicted molar refractivity (Wildman–Crippen MR) is 61.9 cm³/mol. The molecule has 0 saturated carbocycles. The lowest BCUT2D eigenvalue weighted by molar-refractivity contribution is -0.387. The van der Waals surface area contributed by atoms with Gasteiger partial charge in [0.05, 0.1) is 10.6 Å². The van der Waals surface area contributed by atoms with Crippen LogP contribution in [0.5, 0.6) is 0 Å². The van der Waals surface area contributed by atoms with Gasteiger partial charge in [-0.1, -0.05) is 0 Å². The quantitative estimate of drug-likeness (QED) is 0.484. The van der Waals surface area contributed by atoms with Crippen LogP contribution in [0.15, 0.2) is 30.3 Å². The zero-order chi connectivity index (χ0) is 13.1. The number of hydrazine groups is 1. The molecule has 1 heterocycles. The number of anilines is 1. The number of rotatable bonds is 3. The van der Waals surface area contributed by atoms with Crippen LogP contribution in [0.4, 0.5) is 15.9 Å². The molecule has 0 amide bonds. The lowest BCUT2D eigenvalue weighted by Crippen LogP contribution is -2.09.